The van der Waals surface area contributed by atoms with Crippen LogP contribution in [0.5, 0.6) is 5.75 Å². The van der Waals surface area contributed by atoms with Gasteiger partial charge in [-0.05, 0) is 43.7 Å². The van der Waals surface area contributed by atoms with E-state index in [4.69, 9.17) is 5.11 Å². The monoisotopic (exact) mass is 384 g/mol. The molecule has 2 saturated carbocycles. The normalized spacial score (nSPS) is 21.6. The van der Waals surface area contributed by atoms with Gasteiger partial charge in [0, 0.05) is 18.6 Å². The lowest BCUT2D eigenvalue weighted by Gasteiger charge is -2.42. The molecule has 0 spiro atoms. The van der Waals surface area contributed by atoms with Crippen molar-refractivity contribution in [3.63, 3.8) is 0 Å². The van der Waals surface area contributed by atoms with Crippen LogP contribution in [0.1, 0.15) is 25.7 Å². The molecule has 0 atom stereocenters. The van der Waals surface area contributed by atoms with Gasteiger partial charge in [0.1, 0.15) is 11.6 Å². The molecule has 2 aliphatic rings. The standard InChI is InChI=1S/C17H22F2N4O4/c18-16(19)27-13-3-4-14(20-7-13)22-17(26)21-11-5-12(6-11)23(9-15(24)25)8-10-1-2-10/h3-4,7,10-12,16H,1-2,5-6,8-9H2,(H,24,25)(H2,20,21,22,26). The molecular formula is C17H22F2N4O4. The highest BCUT2D eigenvalue weighted by Crippen LogP contribution is 2.33. The molecule has 27 heavy (non-hydrogen) atoms. The van der Waals surface area contributed by atoms with Crippen LogP contribution in [0.25, 0.3) is 0 Å². The number of alkyl halides is 2. The van der Waals surface area contributed by atoms with E-state index in [0.29, 0.717) is 18.8 Å². The van der Waals surface area contributed by atoms with Gasteiger partial charge in [0.05, 0.1) is 12.7 Å². The van der Waals surface area contributed by atoms with Gasteiger partial charge in [0.2, 0.25) is 0 Å². The minimum absolute atomic E-state index is 0.0248. The van der Waals surface area contributed by atoms with Gasteiger partial charge in [0.15, 0.2) is 0 Å². The SMILES string of the molecule is O=C(O)CN(CC1CC1)C1CC(NC(=O)Nc2ccc(OC(F)F)cn2)C1. The number of carbonyl (C=O) groups excluding carboxylic acids is 1. The fourth-order valence-corrected chi connectivity index (χ4v) is 3.12. The van der Waals surface area contributed by atoms with Gasteiger partial charge in [-0.1, -0.05) is 0 Å². The summed E-state index contributed by atoms with van der Waals surface area (Å²) >= 11 is 0. The zero-order valence-electron chi connectivity index (χ0n) is 14.6. The lowest BCUT2D eigenvalue weighted by molar-refractivity contribution is -0.139. The van der Waals surface area contributed by atoms with Gasteiger partial charge in [-0.15, -0.1) is 0 Å². The Kier molecular flexibility index (Phi) is 6.04. The largest absolute Gasteiger partial charge is 0.480 e. The minimum atomic E-state index is -2.93. The molecule has 148 valence electrons. The number of pyridine rings is 1. The number of ether oxygens (including phenoxy) is 1. The summed E-state index contributed by atoms with van der Waals surface area (Å²) in [6, 6.07) is 2.34. The van der Waals surface area contributed by atoms with Crippen molar-refractivity contribution in [2.24, 2.45) is 5.92 Å². The summed E-state index contributed by atoms with van der Waals surface area (Å²) in [5.41, 5.74) is 0. The number of halogens is 2. The first-order chi connectivity index (χ1) is 12.9. The van der Waals surface area contributed by atoms with Crippen molar-refractivity contribution in [2.45, 2.75) is 44.4 Å². The fourth-order valence-electron chi connectivity index (χ4n) is 3.12. The molecule has 0 aromatic carbocycles. The fraction of sp³-hybridized carbons (Fsp3) is 0.588. The average Bonchev–Trinajstić information content (AvgIpc) is 3.35. The number of nitrogens with one attached hydrogen (secondary N) is 2. The van der Waals surface area contributed by atoms with Gasteiger partial charge in [-0.3, -0.25) is 15.0 Å². The number of urea groups is 1. The Morgan fingerprint density at radius 2 is 2.07 bits per heavy atom. The number of hydrogen-bond acceptors (Lipinski definition) is 5. The van der Waals surface area contributed by atoms with Crippen molar-refractivity contribution < 1.29 is 28.2 Å². The molecule has 2 fully saturated rings. The molecule has 1 aromatic rings. The van der Waals surface area contributed by atoms with Crippen molar-refractivity contribution in [1.29, 1.82) is 0 Å². The lowest BCUT2D eigenvalue weighted by Crippen LogP contribution is -2.55. The third-order valence-electron chi connectivity index (χ3n) is 4.70. The van der Waals surface area contributed by atoms with Crippen LogP contribution in [0.3, 0.4) is 0 Å². The molecule has 0 radical (unpaired) electrons. The first-order valence-corrected chi connectivity index (χ1v) is 8.83. The number of carboxylic acid groups (broad SMARTS) is 1. The smallest absolute Gasteiger partial charge is 0.387 e. The van der Waals surface area contributed by atoms with Crippen molar-refractivity contribution in [3.8, 4) is 5.75 Å². The summed E-state index contributed by atoms with van der Waals surface area (Å²) in [4.78, 5) is 28.8. The third kappa shape index (κ3) is 6.02. The van der Waals surface area contributed by atoms with Crippen molar-refractivity contribution in [2.75, 3.05) is 18.4 Å². The molecule has 0 unspecified atom stereocenters. The van der Waals surface area contributed by atoms with E-state index in [1.54, 1.807) is 0 Å². The van der Waals surface area contributed by atoms with Crippen LogP contribution in [-0.4, -0.2) is 58.8 Å². The maximum atomic E-state index is 12.1. The molecule has 10 heteroatoms. The second-order valence-corrected chi connectivity index (χ2v) is 6.94. The summed E-state index contributed by atoms with van der Waals surface area (Å²) in [5, 5.41) is 14.4. The highest BCUT2D eigenvalue weighted by atomic mass is 19.3. The summed E-state index contributed by atoms with van der Waals surface area (Å²) in [5.74, 6) is -0.115. The Morgan fingerprint density at radius 3 is 2.63 bits per heavy atom. The summed E-state index contributed by atoms with van der Waals surface area (Å²) < 4.78 is 28.4. The maximum absolute atomic E-state index is 12.1. The number of carbonyl (C=O) groups is 2. The molecular weight excluding hydrogens is 362 g/mol. The predicted octanol–water partition coefficient (Wildman–Crippen LogP) is 2.13. The van der Waals surface area contributed by atoms with E-state index in [0.717, 1.165) is 25.6 Å². The van der Waals surface area contributed by atoms with Crippen LogP contribution in [0.15, 0.2) is 18.3 Å². The van der Waals surface area contributed by atoms with E-state index in [1.165, 1.54) is 12.1 Å². The van der Waals surface area contributed by atoms with E-state index in [9.17, 15) is 18.4 Å². The zero-order valence-corrected chi connectivity index (χ0v) is 14.6. The molecule has 0 aliphatic heterocycles. The molecule has 1 heterocycles. The number of rotatable bonds is 9. The molecule has 2 amide bonds. The molecule has 8 nitrogen and oxygen atoms in total. The number of aromatic nitrogens is 1. The Bertz CT molecular complexity index is 663. The lowest BCUT2D eigenvalue weighted by atomic mass is 9.85. The van der Waals surface area contributed by atoms with Crippen molar-refractivity contribution >= 4 is 17.8 Å². The second-order valence-electron chi connectivity index (χ2n) is 6.94. The summed E-state index contributed by atoms with van der Waals surface area (Å²) in [6.45, 7) is -2.11. The number of nitrogens with zero attached hydrogens (tertiary/aromatic N) is 2. The second kappa shape index (κ2) is 8.47. The topological polar surface area (TPSA) is 104 Å². The first-order valence-electron chi connectivity index (χ1n) is 8.83. The van der Waals surface area contributed by atoms with E-state index >= 15 is 0 Å². The van der Waals surface area contributed by atoms with Gasteiger partial charge >= 0.3 is 18.6 Å². The predicted molar refractivity (Wildman–Crippen MR) is 91.8 cm³/mol. The Labute approximate surface area is 154 Å². The van der Waals surface area contributed by atoms with Gasteiger partial charge in [0.25, 0.3) is 0 Å². The number of amides is 2. The molecule has 0 bridgehead atoms. The minimum Gasteiger partial charge on any atom is -0.480 e. The van der Waals surface area contributed by atoms with E-state index in [1.807, 2.05) is 4.90 Å². The number of hydrogen-bond donors (Lipinski definition) is 3. The van der Waals surface area contributed by atoms with Gasteiger partial charge in [-0.25, -0.2) is 9.78 Å². The van der Waals surface area contributed by atoms with E-state index in [-0.39, 0.29) is 30.2 Å². The van der Waals surface area contributed by atoms with Crippen LogP contribution in [0.2, 0.25) is 0 Å². The first kappa shape index (κ1) is 19.3. The van der Waals surface area contributed by atoms with Crippen LogP contribution in [0.4, 0.5) is 19.4 Å². The van der Waals surface area contributed by atoms with E-state index in [2.05, 4.69) is 20.4 Å². The highest BCUT2D eigenvalue weighted by molar-refractivity contribution is 5.88. The average molecular weight is 384 g/mol. The van der Waals surface area contributed by atoms with Crippen molar-refractivity contribution in [1.82, 2.24) is 15.2 Å². The van der Waals surface area contributed by atoms with Gasteiger partial charge < -0.3 is 15.2 Å². The molecule has 1 aromatic heterocycles. The molecule has 2 aliphatic carbocycles. The Balaban J connectivity index is 1.41. The third-order valence-corrected chi connectivity index (χ3v) is 4.70. The Morgan fingerprint density at radius 1 is 1.33 bits per heavy atom. The quantitative estimate of drug-likeness (QED) is 0.603. The number of anilines is 1. The summed E-state index contributed by atoms with van der Waals surface area (Å²) in [6.07, 6.45) is 4.80. The van der Waals surface area contributed by atoms with Crippen LogP contribution >= 0.6 is 0 Å². The van der Waals surface area contributed by atoms with E-state index < -0.39 is 18.6 Å². The number of carboxylic acids is 1. The van der Waals surface area contributed by atoms with Crippen LogP contribution in [-0.2, 0) is 4.79 Å². The highest BCUT2D eigenvalue weighted by Gasteiger charge is 2.37. The molecule has 3 N–H and O–H groups in total. The molecule has 0 saturated heterocycles. The van der Waals surface area contributed by atoms with Crippen LogP contribution in [0, 0.1) is 5.92 Å². The maximum Gasteiger partial charge on any atom is 0.387 e. The Hall–Kier alpha value is -2.49. The summed E-state index contributed by atoms with van der Waals surface area (Å²) in [7, 11) is 0. The molecule has 3 rings (SSSR count). The van der Waals surface area contributed by atoms with Crippen LogP contribution < -0.4 is 15.4 Å². The van der Waals surface area contributed by atoms with Crippen molar-refractivity contribution in [3.05, 3.63) is 18.3 Å². The number of aliphatic carboxylic acids is 1. The van der Waals surface area contributed by atoms with Gasteiger partial charge in [-0.2, -0.15) is 8.78 Å². The zero-order chi connectivity index (χ0) is 19.4.